The van der Waals surface area contributed by atoms with Gasteiger partial charge in [0.25, 0.3) is 0 Å². The molecule has 0 aromatic heterocycles. The highest BCUT2D eigenvalue weighted by Gasteiger charge is 2.43. The Morgan fingerprint density at radius 3 is 1.66 bits per heavy atom. The van der Waals surface area contributed by atoms with Gasteiger partial charge in [-0.05, 0) is 94.8 Å². The number of nitrogens with zero attached hydrogens (tertiary/aromatic N) is 1. The highest BCUT2D eigenvalue weighted by atomic mass is 32.2. The number of benzene rings is 5. The first-order valence-corrected chi connectivity index (χ1v) is 22.3. The minimum Gasteiger partial charge on any atom is -0.382 e. The van der Waals surface area contributed by atoms with E-state index in [1.807, 2.05) is 30.3 Å². The summed E-state index contributed by atoms with van der Waals surface area (Å²) in [7, 11) is -0.329. The van der Waals surface area contributed by atoms with Crippen LogP contribution >= 0.6 is 0 Å². The van der Waals surface area contributed by atoms with Crippen molar-refractivity contribution in [2.24, 2.45) is 5.73 Å². The van der Waals surface area contributed by atoms with Crippen molar-refractivity contribution in [1.82, 2.24) is 4.72 Å². The summed E-state index contributed by atoms with van der Waals surface area (Å²) in [6.07, 6.45) is 5.55. The smallest absolute Gasteiger partial charge is 0.240 e. The van der Waals surface area contributed by atoms with Crippen molar-refractivity contribution in [2.75, 3.05) is 98.3 Å². The molecule has 0 spiro atoms. The van der Waals surface area contributed by atoms with E-state index >= 15 is 0 Å². The van der Waals surface area contributed by atoms with Crippen molar-refractivity contribution in [1.29, 1.82) is 0 Å². The quantitative estimate of drug-likeness (QED) is 0.0397. The van der Waals surface area contributed by atoms with Crippen LogP contribution in [0.3, 0.4) is 0 Å². The number of nitrogens with two attached hydrogens (primary N) is 1. The minimum atomic E-state index is -3.70. The standard InChI is InChI=1S/C49H59N3O8S/c1-55-31-33-57-27-23-49(24-28-58-34-32-56-2)47-37-40(14-13-39-15-19-44(20-16-39)61(53,54)51-26-30-60-36-35-59-29-25-50)17-21-45(47)46-22-18-43(38-48(46)49)52(41-9-5-3-6-10-41)42-11-7-4-8-12-42/h3-22,37-38,51H,23-36,50H2,1-2H3/b14-13+. The number of hydrogen-bond acceptors (Lipinski definition) is 10. The average Bonchev–Trinajstić information content (AvgIpc) is 3.55. The predicted molar refractivity (Wildman–Crippen MR) is 243 cm³/mol. The lowest BCUT2D eigenvalue weighted by atomic mass is 9.72. The first kappa shape index (κ1) is 45.8. The van der Waals surface area contributed by atoms with E-state index in [0.717, 1.165) is 41.0 Å². The van der Waals surface area contributed by atoms with E-state index in [2.05, 4.69) is 101 Å². The third-order valence-electron chi connectivity index (χ3n) is 10.7. The molecule has 11 nitrogen and oxygen atoms in total. The fourth-order valence-electron chi connectivity index (χ4n) is 7.68. The molecule has 61 heavy (non-hydrogen) atoms. The Morgan fingerprint density at radius 1 is 0.557 bits per heavy atom. The number of methoxy groups -OCH3 is 2. The van der Waals surface area contributed by atoms with Crippen LogP contribution in [0.2, 0.25) is 0 Å². The lowest BCUT2D eigenvalue weighted by molar-refractivity contribution is 0.0491. The molecule has 1 aliphatic carbocycles. The summed E-state index contributed by atoms with van der Waals surface area (Å²) in [5.74, 6) is 0. The number of hydrogen-bond donors (Lipinski definition) is 2. The molecule has 3 N–H and O–H groups in total. The second-order valence-electron chi connectivity index (χ2n) is 14.6. The van der Waals surface area contributed by atoms with Gasteiger partial charge in [0.15, 0.2) is 0 Å². The Morgan fingerprint density at radius 2 is 1.07 bits per heavy atom. The van der Waals surface area contributed by atoms with E-state index in [0.29, 0.717) is 66.0 Å². The van der Waals surface area contributed by atoms with Gasteiger partial charge in [0, 0.05) is 63.0 Å². The van der Waals surface area contributed by atoms with Crippen molar-refractivity contribution in [2.45, 2.75) is 23.2 Å². The highest BCUT2D eigenvalue weighted by Crippen LogP contribution is 2.54. The first-order chi connectivity index (χ1) is 29.9. The molecular weight excluding hydrogens is 791 g/mol. The highest BCUT2D eigenvalue weighted by molar-refractivity contribution is 7.89. The van der Waals surface area contributed by atoms with Gasteiger partial charge in [0.1, 0.15) is 0 Å². The van der Waals surface area contributed by atoms with Crippen molar-refractivity contribution in [3.63, 3.8) is 0 Å². The molecule has 12 heteroatoms. The van der Waals surface area contributed by atoms with Crippen molar-refractivity contribution in [3.8, 4) is 11.1 Å². The Hall–Kier alpha value is -4.73. The van der Waals surface area contributed by atoms with E-state index in [1.54, 1.807) is 26.4 Å². The number of anilines is 3. The average molecular weight is 850 g/mol. The normalized spacial score (nSPS) is 13.1. The van der Waals surface area contributed by atoms with Gasteiger partial charge in [0.05, 0.1) is 57.8 Å². The van der Waals surface area contributed by atoms with Crippen LogP contribution in [0.25, 0.3) is 23.3 Å². The summed E-state index contributed by atoms with van der Waals surface area (Å²) in [6.45, 7) is 5.22. The second kappa shape index (κ2) is 23.5. The summed E-state index contributed by atoms with van der Waals surface area (Å²) in [5.41, 5.74) is 14.9. The van der Waals surface area contributed by atoms with Gasteiger partial charge >= 0.3 is 0 Å². The van der Waals surface area contributed by atoms with Crippen molar-refractivity contribution in [3.05, 3.63) is 144 Å². The monoisotopic (exact) mass is 849 g/mol. The molecule has 0 bridgehead atoms. The maximum absolute atomic E-state index is 13.0. The zero-order valence-corrected chi connectivity index (χ0v) is 36.1. The van der Waals surface area contributed by atoms with Crippen LogP contribution in [0.4, 0.5) is 17.1 Å². The van der Waals surface area contributed by atoms with Gasteiger partial charge in [-0.15, -0.1) is 0 Å². The van der Waals surface area contributed by atoms with E-state index in [1.165, 1.54) is 22.3 Å². The summed E-state index contributed by atoms with van der Waals surface area (Å²) >= 11 is 0. The SMILES string of the molecule is COCCOCCC1(CCOCCOC)c2cc(/C=C/c3ccc(S(=O)(=O)NCCOCCOCCN)cc3)ccc2-c2ccc(N(c3ccccc3)c3ccccc3)cc21. The topological polar surface area (TPSA) is 131 Å². The molecule has 0 aliphatic heterocycles. The Balaban J connectivity index is 1.29. The number of para-hydroxylation sites is 2. The number of nitrogens with one attached hydrogen (secondary N) is 1. The molecule has 324 valence electrons. The molecular formula is C49H59N3O8S. The van der Waals surface area contributed by atoms with E-state index in [4.69, 9.17) is 34.2 Å². The summed E-state index contributed by atoms with van der Waals surface area (Å²) < 4.78 is 62.3. The molecule has 0 unspecified atom stereocenters. The van der Waals surface area contributed by atoms with Gasteiger partial charge in [-0.2, -0.15) is 0 Å². The van der Waals surface area contributed by atoms with Gasteiger partial charge in [0.2, 0.25) is 10.0 Å². The molecule has 1 aliphatic rings. The van der Waals surface area contributed by atoms with E-state index in [9.17, 15) is 8.42 Å². The zero-order chi connectivity index (χ0) is 42.8. The molecule has 6 rings (SSSR count). The van der Waals surface area contributed by atoms with Crippen molar-refractivity contribution >= 4 is 39.2 Å². The Bertz CT molecular complexity index is 2170. The maximum atomic E-state index is 13.0. The summed E-state index contributed by atoms with van der Waals surface area (Å²) in [5, 5.41) is 0. The molecule has 0 atom stereocenters. The third kappa shape index (κ3) is 12.2. The van der Waals surface area contributed by atoms with Gasteiger partial charge in [-0.1, -0.05) is 84.9 Å². The molecule has 0 heterocycles. The van der Waals surface area contributed by atoms with Crippen LogP contribution in [-0.4, -0.2) is 102 Å². The number of fused-ring (bicyclic) bond motifs is 3. The molecule has 0 amide bonds. The fourth-order valence-corrected chi connectivity index (χ4v) is 8.69. The number of ether oxygens (including phenoxy) is 6. The van der Waals surface area contributed by atoms with E-state index < -0.39 is 15.4 Å². The number of sulfonamides is 1. The lowest BCUT2D eigenvalue weighted by Gasteiger charge is -2.34. The minimum absolute atomic E-state index is 0.156. The molecule has 0 radical (unpaired) electrons. The third-order valence-corrected chi connectivity index (χ3v) is 12.2. The molecule has 0 saturated heterocycles. The zero-order valence-electron chi connectivity index (χ0n) is 35.3. The van der Waals surface area contributed by atoms with Gasteiger partial charge < -0.3 is 39.1 Å². The van der Waals surface area contributed by atoms with Crippen LogP contribution in [0.5, 0.6) is 0 Å². The Labute approximate surface area is 361 Å². The van der Waals surface area contributed by atoms with Gasteiger partial charge in [-0.3, -0.25) is 0 Å². The number of rotatable bonds is 27. The van der Waals surface area contributed by atoms with Gasteiger partial charge in [-0.25, -0.2) is 13.1 Å². The summed E-state index contributed by atoms with van der Waals surface area (Å²) in [6, 6.07) is 41.2. The molecule has 5 aromatic carbocycles. The molecule has 0 fully saturated rings. The van der Waals surface area contributed by atoms with Crippen molar-refractivity contribution < 1.29 is 36.8 Å². The Kier molecular flexibility index (Phi) is 17.6. The van der Waals surface area contributed by atoms with Crippen LogP contribution in [0, 0.1) is 0 Å². The van der Waals surface area contributed by atoms with Crippen LogP contribution in [0.1, 0.15) is 35.1 Å². The van der Waals surface area contributed by atoms with Crippen LogP contribution in [0.15, 0.2) is 126 Å². The molecule has 0 saturated carbocycles. The fraction of sp³-hybridized carbons (Fsp3) is 0.347. The second-order valence-corrected chi connectivity index (χ2v) is 16.4. The maximum Gasteiger partial charge on any atom is 0.240 e. The summed E-state index contributed by atoms with van der Waals surface area (Å²) in [4.78, 5) is 2.49. The molecule has 5 aromatic rings. The van der Waals surface area contributed by atoms with Crippen LogP contribution < -0.4 is 15.4 Å². The van der Waals surface area contributed by atoms with Crippen LogP contribution in [-0.2, 0) is 43.9 Å². The first-order valence-electron chi connectivity index (χ1n) is 20.9. The lowest BCUT2D eigenvalue weighted by Crippen LogP contribution is -2.30. The van der Waals surface area contributed by atoms with E-state index in [-0.39, 0.29) is 18.0 Å². The largest absolute Gasteiger partial charge is 0.382 e. The predicted octanol–water partition coefficient (Wildman–Crippen LogP) is 7.97.